The third kappa shape index (κ3) is 3.52. The van der Waals surface area contributed by atoms with Crippen molar-refractivity contribution < 1.29 is 8.42 Å². The second kappa shape index (κ2) is 6.43. The second-order valence-corrected chi connectivity index (χ2v) is 7.19. The van der Waals surface area contributed by atoms with Gasteiger partial charge in [-0.3, -0.25) is 4.72 Å². The molecule has 0 aromatic carbocycles. The van der Waals surface area contributed by atoms with Gasteiger partial charge in [0.25, 0.3) is 0 Å². The summed E-state index contributed by atoms with van der Waals surface area (Å²) in [6, 6.07) is 0.00318. The van der Waals surface area contributed by atoms with E-state index in [4.69, 9.17) is 23.2 Å². The molecule has 0 unspecified atom stereocenters. The fourth-order valence-electron chi connectivity index (χ4n) is 2.27. The van der Waals surface area contributed by atoms with Crippen LogP contribution in [-0.4, -0.2) is 35.8 Å². The monoisotopic (exact) mass is 338 g/mol. The maximum absolute atomic E-state index is 12.3. The summed E-state index contributed by atoms with van der Waals surface area (Å²) < 4.78 is 28.4. The van der Waals surface area contributed by atoms with Crippen molar-refractivity contribution >= 4 is 39.1 Å². The molecule has 1 fully saturated rings. The Hall–Kier alpha value is -0.630. The maximum atomic E-state index is 12.3. The van der Waals surface area contributed by atoms with Gasteiger partial charge in [0.05, 0.1) is 0 Å². The van der Waals surface area contributed by atoms with Crippen molar-refractivity contribution in [1.29, 1.82) is 0 Å². The number of nitrogens with one attached hydrogen (secondary N) is 1. The van der Waals surface area contributed by atoms with Crippen molar-refractivity contribution in [3.63, 3.8) is 0 Å². The Balaban J connectivity index is 2.18. The van der Waals surface area contributed by atoms with E-state index in [9.17, 15) is 8.42 Å². The average Bonchev–Trinajstić information content (AvgIpc) is 2.43. The summed E-state index contributed by atoms with van der Waals surface area (Å²) in [5.74, 6) is 0. The van der Waals surface area contributed by atoms with Crippen LogP contribution in [0.5, 0.6) is 0 Å². The van der Waals surface area contributed by atoms with Crippen LogP contribution in [0.1, 0.15) is 32.1 Å². The molecule has 0 saturated heterocycles. The zero-order valence-corrected chi connectivity index (χ0v) is 13.3. The van der Waals surface area contributed by atoms with Crippen LogP contribution in [0.4, 0.5) is 5.69 Å². The van der Waals surface area contributed by atoms with Gasteiger partial charge in [-0.05, 0) is 12.8 Å². The van der Waals surface area contributed by atoms with Gasteiger partial charge in [0.2, 0.25) is 0 Å². The molecule has 0 amide bonds. The predicted octanol–water partition coefficient (Wildman–Crippen LogP) is 2.70. The van der Waals surface area contributed by atoms with Gasteiger partial charge in [-0.25, -0.2) is 9.97 Å². The highest BCUT2D eigenvalue weighted by Gasteiger charge is 2.28. The normalized spacial score (nSPS) is 17.4. The number of nitrogens with zero attached hydrogens (tertiary/aromatic N) is 3. The van der Waals surface area contributed by atoms with E-state index in [0.717, 1.165) is 32.1 Å². The van der Waals surface area contributed by atoms with E-state index in [0.29, 0.717) is 0 Å². The van der Waals surface area contributed by atoms with Crippen LogP contribution in [0.25, 0.3) is 0 Å². The quantitative estimate of drug-likeness (QED) is 0.856. The van der Waals surface area contributed by atoms with Crippen molar-refractivity contribution in [2.75, 3.05) is 11.8 Å². The van der Waals surface area contributed by atoms with Gasteiger partial charge in [0, 0.05) is 13.1 Å². The summed E-state index contributed by atoms with van der Waals surface area (Å²) in [6.07, 6.45) is 6.14. The van der Waals surface area contributed by atoms with Crippen LogP contribution in [0, 0.1) is 0 Å². The van der Waals surface area contributed by atoms with Crippen molar-refractivity contribution in [3.8, 4) is 0 Å². The van der Waals surface area contributed by atoms with Crippen molar-refractivity contribution in [3.05, 3.63) is 16.6 Å². The van der Waals surface area contributed by atoms with Gasteiger partial charge < -0.3 is 0 Å². The van der Waals surface area contributed by atoms with E-state index in [2.05, 4.69) is 14.7 Å². The van der Waals surface area contributed by atoms with Crippen molar-refractivity contribution in [2.24, 2.45) is 0 Å². The van der Waals surface area contributed by atoms with Gasteiger partial charge in [0.15, 0.2) is 10.3 Å². The Kier molecular flexibility index (Phi) is 5.06. The Labute approximate surface area is 128 Å². The first-order valence-corrected chi connectivity index (χ1v) is 8.53. The maximum Gasteiger partial charge on any atom is 0.301 e. The number of hydrogen-bond acceptors (Lipinski definition) is 4. The summed E-state index contributed by atoms with van der Waals surface area (Å²) in [5, 5.41) is -0.0451. The lowest BCUT2D eigenvalue weighted by molar-refractivity contribution is 0.287. The Morgan fingerprint density at radius 1 is 1.20 bits per heavy atom. The van der Waals surface area contributed by atoms with Crippen LogP contribution >= 0.6 is 23.2 Å². The molecule has 1 aromatic heterocycles. The summed E-state index contributed by atoms with van der Waals surface area (Å²) >= 11 is 11.7. The summed E-state index contributed by atoms with van der Waals surface area (Å²) in [4.78, 5) is 7.44. The number of halogens is 2. The SMILES string of the molecule is CN(C1CCCCC1)S(=O)(=O)Nc1c(Cl)ncnc1Cl. The molecule has 112 valence electrons. The predicted molar refractivity (Wildman–Crippen MR) is 79.2 cm³/mol. The third-order valence-corrected chi connectivity index (χ3v) is 5.55. The molecule has 1 aromatic rings. The van der Waals surface area contributed by atoms with Gasteiger partial charge in [-0.2, -0.15) is 12.7 Å². The molecule has 1 aliphatic rings. The molecule has 2 rings (SSSR count). The topological polar surface area (TPSA) is 75.2 Å². The van der Waals surface area contributed by atoms with Gasteiger partial charge >= 0.3 is 10.2 Å². The van der Waals surface area contributed by atoms with Gasteiger partial charge in [-0.1, -0.05) is 42.5 Å². The zero-order chi connectivity index (χ0) is 14.8. The molecule has 1 saturated carbocycles. The lowest BCUT2D eigenvalue weighted by Gasteiger charge is -2.30. The van der Waals surface area contributed by atoms with Crippen LogP contribution in [-0.2, 0) is 10.2 Å². The molecular weight excluding hydrogens is 323 g/mol. The minimum Gasteiger partial charge on any atom is -0.265 e. The summed E-state index contributed by atoms with van der Waals surface area (Å²) in [7, 11) is -2.16. The first-order valence-electron chi connectivity index (χ1n) is 6.33. The lowest BCUT2D eigenvalue weighted by Crippen LogP contribution is -2.41. The molecular formula is C11H16Cl2N4O2S. The Morgan fingerprint density at radius 3 is 2.30 bits per heavy atom. The lowest BCUT2D eigenvalue weighted by atomic mass is 9.96. The number of hydrogen-bond donors (Lipinski definition) is 1. The van der Waals surface area contributed by atoms with Crippen LogP contribution in [0.3, 0.4) is 0 Å². The Bertz CT molecular complexity index is 556. The van der Waals surface area contributed by atoms with E-state index >= 15 is 0 Å². The zero-order valence-electron chi connectivity index (χ0n) is 11.0. The van der Waals surface area contributed by atoms with E-state index < -0.39 is 10.2 Å². The summed E-state index contributed by atoms with van der Waals surface area (Å²) in [5.41, 5.74) is 0.0125. The fourth-order valence-corrected chi connectivity index (χ4v) is 3.99. The molecule has 1 N–H and O–H groups in total. The molecule has 0 radical (unpaired) electrons. The van der Waals surface area contributed by atoms with Gasteiger partial charge in [0.1, 0.15) is 12.0 Å². The van der Waals surface area contributed by atoms with Crippen molar-refractivity contribution in [2.45, 2.75) is 38.1 Å². The molecule has 0 aliphatic heterocycles. The van der Waals surface area contributed by atoms with E-state index in [1.165, 1.54) is 10.6 Å². The van der Waals surface area contributed by atoms with Gasteiger partial charge in [-0.15, -0.1) is 0 Å². The number of rotatable bonds is 4. The molecule has 6 nitrogen and oxygen atoms in total. The molecule has 0 atom stereocenters. The molecule has 1 aliphatic carbocycles. The van der Waals surface area contributed by atoms with E-state index in [1.54, 1.807) is 7.05 Å². The van der Waals surface area contributed by atoms with E-state index in [1.807, 2.05) is 0 Å². The van der Waals surface area contributed by atoms with Crippen LogP contribution < -0.4 is 4.72 Å². The molecule has 0 spiro atoms. The standard InChI is InChI=1S/C11H16Cl2N4O2S/c1-17(8-5-3-2-4-6-8)20(18,19)16-9-10(12)14-7-15-11(9)13/h7-8,16H,2-6H2,1H3. The van der Waals surface area contributed by atoms with Crippen LogP contribution in [0.15, 0.2) is 6.33 Å². The van der Waals surface area contributed by atoms with Crippen molar-refractivity contribution in [1.82, 2.24) is 14.3 Å². The second-order valence-electron chi connectivity index (χ2n) is 4.75. The first kappa shape index (κ1) is 15.8. The molecule has 0 bridgehead atoms. The molecule has 1 heterocycles. The first-order chi connectivity index (χ1) is 9.42. The fraction of sp³-hybridized carbons (Fsp3) is 0.636. The van der Waals surface area contributed by atoms with Crippen LogP contribution in [0.2, 0.25) is 10.3 Å². The Morgan fingerprint density at radius 2 is 1.75 bits per heavy atom. The number of aromatic nitrogens is 2. The highest BCUT2D eigenvalue weighted by Crippen LogP contribution is 2.29. The van der Waals surface area contributed by atoms with E-state index in [-0.39, 0.29) is 22.0 Å². The minimum absolute atomic E-state index is 0.00318. The largest absolute Gasteiger partial charge is 0.301 e. The smallest absolute Gasteiger partial charge is 0.265 e. The third-order valence-electron chi connectivity index (χ3n) is 3.45. The average molecular weight is 339 g/mol. The number of anilines is 1. The minimum atomic E-state index is -3.72. The molecule has 9 heteroatoms. The highest BCUT2D eigenvalue weighted by atomic mass is 35.5. The summed E-state index contributed by atoms with van der Waals surface area (Å²) in [6.45, 7) is 0. The molecule has 20 heavy (non-hydrogen) atoms. The highest BCUT2D eigenvalue weighted by molar-refractivity contribution is 7.90.